The van der Waals surface area contributed by atoms with Crippen LogP contribution in [0.25, 0.3) is 10.4 Å². The lowest BCUT2D eigenvalue weighted by molar-refractivity contribution is 0.0501. The number of rotatable bonds is 5. The first-order valence-corrected chi connectivity index (χ1v) is 8.00. The molecule has 0 radical (unpaired) electrons. The van der Waals surface area contributed by atoms with Crippen molar-refractivity contribution in [3.05, 3.63) is 36.5 Å². The van der Waals surface area contributed by atoms with E-state index >= 15 is 0 Å². The van der Waals surface area contributed by atoms with Crippen molar-refractivity contribution in [1.29, 1.82) is 0 Å². The van der Waals surface area contributed by atoms with Crippen LogP contribution in [0, 0.1) is 0 Å². The highest BCUT2D eigenvalue weighted by atomic mass is 32.1. The quantitative estimate of drug-likeness (QED) is 0.887. The van der Waals surface area contributed by atoms with Crippen LogP contribution in [0.4, 0.5) is 9.93 Å². The SMILES string of the molecule is CCN(CC(C)(C)O)C(=O)Nc1ncc(-c2ccccc2)s1. The van der Waals surface area contributed by atoms with Crippen LogP contribution >= 0.6 is 11.3 Å². The molecule has 0 bridgehead atoms. The van der Waals surface area contributed by atoms with E-state index in [1.165, 1.54) is 11.3 Å². The van der Waals surface area contributed by atoms with Gasteiger partial charge in [-0.15, -0.1) is 0 Å². The van der Waals surface area contributed by atoms with Crippen molar-refractivity contribution in [2.75, 3.05) is 18.4 Å². The summed E-state index contributed by atoms with van der Waals surface area (Å²) in [6.45, 7) is 6.03. The molecule has 0 atom stereocenters. The lowest BCUT2D eigenvalue weighted by Gasteiger charge is -2.27. The number of benzene rings is 1. The minimum absolute atomic E-state index is 0.251. The third kappa shape index (κ3) is 4.54. The van der Waals surface area contributed by atoms with Crippen molar-refractivity contribution in [1.82, 2.24) is 9.88 Å². The Kier molecular flexibility index (Phi) is 5.15. The fraction of sp³-hybridized carbons (Fsp3) is 0.375. The van der Waals surface area contributed by atoms with Gasteiger partial charge < -0.3 is 10.0 Å². The average Bonchev–Trinajstić information content (AvgIpc) is 2.93. The Hall–Kier alpha value is -1.92. The van der Waals surface area contributed by atoms with Crippen LogP contribution in [0.3, 0.4) is 0 Å². The molecular weight excluding hydrogens is 298 g/mol. The van der Waals surface area contributed by atoms with E-state index in [0.29, 0.717) is 11.7 Å². The van der Waals surface area contributed by atoms with Crippen LogP contribution in [0.5, 0.6) is 0 Å². The molecule has 0 saturated carbocycles. The molecule has 1 aromatic heterocycles. The molecule has 5 nitrogen and oxygen atoms in total. The molecule has 1 aromatic carbocycles. The number of hydrogen-bond donors (Lipinski definition) is 2. The molecule has 0 fully saturated rings. The zero-order valence-corrected chi connectivity index (χ0v) is 13.9. The predicted molar refractivity (Wildman–Crippen MR) is 90.1 cm³/mol. The first-order valence-electron chi connectivity index (χ1n) is 7.18. The molecule has 2 aromatic rings. The Balaban J connectivity index is 2.04. The molecule has 2 amide bonds. The highest BCUT2D eigenvalue weighted by Gasteiger charge is 2.21. The smallest absolute Gasteiger partial charge is 0.323 e. The third-order valence-corrected chi connectivity index (χ3v) is 3.99. The maximum atomic E-state index is 12.2. The standard InChI is InChI=1S/C16H21N3O2S/c1-4-19(11-16(2,3)21)15(20)18-14-17-10-13(22-14)12-8-6-5-7-9-12/h5-10,21H,4,11H2,1-3H3,(H,17,18,20). The van der Waals surface area contributed by atoms with Crippen molar-refractivity contribution in [3.63, 3.8) is 0 Å². The Bertz CT molecular complexity index is 620. The summed E-state index contributed by atoms with van der Waals surface area (Å²) >= 11 is 1.43. The normalized spacial score (nSPS) is 11.3. The van der Waals surface area contributed by atoms with Gasteiger partial charge in [-0.2, -0.15) is 0 Å². The molecule has 2 rings (SSSR count). The minimum atomic E-state index is -0.925. The van der Waals surface area contributed by atoms with Gasteiger partial charge >= 0.3 is 6.03 Å². The topological polar surface area (TPSA) is 65.5 Å². The number of nitrogens with zero attached hydrogens (tertiary/aromatic N) is 2. The average molecular weight is 319 g/mol. The van der Waals surface area contributed by atoms with Gasteiger partial charge in [0.1, 0.15) is 0 Å². The molecule has 0 unspecified atom stereocenters. The molecule has 118 valence electrons. The Morgan fingerprint density at radius 2 is 2.05 bits per heavy atom. The number of aliphatic hydroxyl groups is 1. The second-order valence-corrected chi connectivity index (χ2v) is 6.68. The molecule has 0 aliphatic heterocycles. The van der Waals surface area contributed by atoms with Gasteiger partial charge in [0.25, 0.3) is 0 Å². The van der Waals surface area contributed by atoms with Gasteiger partial charge in [0.15, 0.2) is 5.13 Å². The van der Waals surface area contributed by atoms with E-state index in [-0.39, 0.29) is 12.6 Å². The molecule has 22 heavy (non-hydrogen) atoms. The Labute approximate surface area is 134 Å². The van der Waals surface area contributed by atoms with Crippen LogP contribution < -0.4 is 5.32 Å². The number of nitrogens with one attached hydrogen (secondary N) is 1. The molecule has 0 spiro atoms. The number of likely N-dealkylation sites (N-methyl/N-ethyl adjacent to an activating group) is 1. The number of hydrogen-bond acceptors (Lipinski definition) is 4. The number of carbonyl (C=O) groups excluding carboxylic acids is 1. The Morgan fingerprint density at radius 3 is 2.64 bits per heavy atom. The number of amides is 2. The fourth-order valence-corrected chi connectivity index (χ4v) is 2.84. The summed E-state index contributed by atoms with van der Waals surface area (Å²) in [5, 5.41) is 13.2. The predicted octanol–water partition coefficient (Wildman–Crippen LogP) is 3.43. The van der Waals surface area contributed by atoms with Gasteiger partial charge in [0.2, 0.25) is 0 Å². The van der Waals surface area contributed by atoms with Crippen LogP contribution in [0.2, 0.25) is 0 Å². The van der Waals surface area contributed by atoms with E-state index in [0.717, 1.165) is 10.4 Å². The lowest BCUT2D eigenvalue weighted by Crippen LogP contribution is -2.44. The number of aromatic nitrogens is 1. The van der Waals surface area contributed by atoms with E-state index in [4.69, 9.17) is 0 Å². The van der Waals surface area contributed by atoms with Crippen molar-refractivity contribution in [3.8, 4) is 10.4 Å². The number of urea groups is 1. The summed E-state index contributed by atoms with van der Waals surface area (Å²) in [7, 11) is 0. The second-order valence-electron chi connectivity index (χ2n) is 5.65. The summed E-state index contributed by atoms with van der Waals surface area (Å²) in [6.07, 6.45) is 1.75. The van der Waals surface area contributed by atoms with Crippen molar-refractivity contribution < 1.29 is 9.90 Å². The summed E-state index contributed by atoms with van der Waals surface area (Å²) in [5.74, 6) is 0. The number of anilines is 1. The summed E-state index contributed by atoms with van der Waals surface area (Å²) in [6, 6.07) is 9.66. The zero-order chi connectivity index (χ0) is 16.2. The first kappa shape index (κ1) is 16.5. The Morgan fingerprint density at radius 1 is 1.36 bits per heavy atom. The van der Waals surface area contributed by atoms with Gasteiger partial charge in [-0.3, -0.25) is 5.32 Å². The van der Waals surface area contributed by atoms with E-state index in [2.05, 4.69) is 10.3 Å². The molecule has 0 aliphatic carbocycles. The lowest BCUT2D eigenvalue weighted by atomic mass is 10.1. The minimum Gasteiger partial charge on any atom is -0.389 e. The molecule has 0 saturated heterocycles. The number of carbonyl (C=O) groups is 1. The fourth-order valence-electron chi connectivity index (χ4n) is 2.03. The van der Waals surface area contributed by atoms with Crippen LogP contribution in [-0.2, 0) is 0 Å². The van der Waals surface area contributed by atoms with Crippen LogP contribution in [-0.4, -0.2) is 39.7 Å². The largest absolute Gasteiger partial charge is 0.389 e. The van der Waals surface area contributed by atoms with Gasteiger partial charge in [0.05, 0.1) is 17.0 Å². The third-order valence-electron chi connectivity index (χ3n) is 3.02. The summed E-state index contributed by atoms with van der Waals surface area (Å²) in [4.78, 5) is 19.0. The zero-order valence-electron chi connectivity index (χ0n) is 13.0. The van der Waals surface area contributed by atoms with E-state index in [9.17, 15) is 9.90 Å². The van der Waals surface area contributed by atoms with Crippen molar-refractivity contribution >= 4 is 22.5 Å². The maximum absolute atomic E-state index is 12.2. The summed E-state index contributed by atoms with van der Waals surface area (Å²) in [5.41, 5.74) is 0.148. The molecular formula is C16H21N3O2S. The monoisotopic (exact) mass is 319 g/mol. The molecule has 2 N–H and O–H groups in total. The molecule has 6 heteroatoms. The summed E-state index contributed by atoms with van der Waals surface area (Å²) < 4.78 is 0. The highest BCUT2D eigenvalue weighted by molar-refractivity contribution is 7.19. The van der Waals surface area contributed by atoms with Gasteiger partial charge in [-0.25, -0.2) is 9.78 Å². The van der Waals surface area contributed by atoms with Gasteiger partial charge in [-0.05, 0) is 26.3 Å². The van der Waals surface area contributed by atoms with Gasteiger partial charge in [-0.1, -0.05) is 41.7 Å². The van der Waals surface area contributed by atoms with Crippen LogP contribution in [0.15, 0.2) is 36.5 Å². The molecule has 1 heterocycles. The van der Waals surface area contributed by atoms with Crippen LogP contribution in [0.1, 0.15) is 20.8 Å². The second kappa shape index (κ2) is 6.89. The van der Waals surface area contributed by atoms with E-state index in [1.807, 2.05) is 37.3 Å². The highest BCUT2D eigenvalue weighted by Crippen LogP contribution is 2.28. The number of thiazole rings is 1. The van der Waals surface area contributed by atoms with Crippen molar-refractivity contribution in [2.45, 2.75) is 26.4 Å². The van der Waals surface area contributed by atoms with E-state index in [1.54, 1.807) is 24.9 Å². The first-order chi connectivity index (χ1) is 10.4. The van der Waals surface area contributed by atoms with Crippen molar-refractivity contribution in [2.24, 2.45) is 0 Å². The maximum Gasteiger partial charge on any atom is 0.323 e. The molecule has 0 aliphatic rings. The van der Waals surface area contributed by atoms with Gasteiger partial charge in [0, 0.05) is 12.7 Å². The van der Waals surface area contributed by atoms with E-state index < -0.39 is 5.60 Å².